The minimum Gasteiger partial charge on any atom is -0.497 e. The molecular formula is C16H17N3O2. The van der Waals surface area contributed by atoms with Crippen molar-refractivity contribution in [2.45, 2.75) is 6.92 Å². The van der Waals surface area contributed by atoms with E-state index in [1.165, 1.54) is 0 Å². The van der Waals surface area contributed by atoms with Gasteiger partial charge in [0.25, 0.3) is 0 Å². The number of fused-ring (bicyclic) bond motifs is 1. The van der Waals surface area contributed by atoms with Gasteiger partial charge in [-0.15, -0.1) is 0 Å². The van der Waals surface area contributed by atoms with Crippen molar-refractivity contribution in [3.05, 3.63) is 42.5 Å². The summed E-state index contributed by atoms with van der Waals surface area (Å²) in [5.74, 6) is 1.96. The number of hydrogen-bond acceptors (Lipinski definition) is 4. The fraction of sp³-hybridized carbons (Fsp3) is 0.188. The van der Waals surface area contributed by atoms with Gasteiger partial charge in [-0.05, 0) is 31.2 Å². The van der Waals surface area contributed by atoms with Crippen LogP contribution in [0.5, 0.6) is 11.5 Å². The van der Waals surface area contributed by atoms with Crippen molar-refractivity contribution < 1.29 is 9.47 Å². The Labute approximate surface area is 122 Å². The first-order valence-corrected chi connectivity index (χ1v) is 6.78. The number of aromatic nitrogens is 2. The van der Waals surface area contributed by atoms with Crippen molar-refractivity contribution in [3.8, 4) is 17.2 Å². The molecular weight excluding hydrogens is 266 g/mol. The lowest BCUT2D eigenvalue weighted by atomic mass is 10.2. The fourth-order valence-electron chi connectivity index (χ4n) is 2.37. The highest BCUT2D eigenvalue weighted by Gasteiger charge is 2.14. The van der Waals surface area contributed by atoms with Gasteiger partial charge >= 0.3 is 0 Å². The molecule has 1 heterocycles. The lowest BCUT2D eigenvalue weighted by molar-refractivity contribution is 0.339. The van der Waals surface area contributed by atoms with Gasteiger partial charge in [0.2, 0.25) is 5.95 Å². The van der Waals surface area contributed by atoms with Crippen LogP contribution in [0.2, 0.25) is 0 Å². The summed E-state index contributed by atoms with van der Waals surface area (Å²) < 4.78 is 12.9. The summed E-state index contributed by atoms with van der Waals surface area (Å²) in [4.78, 5) is 4.40. The second-order valence-corrected chi connectivity index (χ2v) is 4.56. The zero-order chi connectivity index (χ0) is 14.8. The van der Waals surface area contributed by atoms with Gasteiger partial charge in [0, 0.05) is 6.07 Å². The number of nitrogens with zero attached hydrogens (tertiary/aromatic N) is 2. The van der Waals surface area contributed by atoms with Crippen LogP contribution in [0.1, 0.15) is 6.92 Å². The molecule has 2 aromatic carbocycles. The van der Waals surface area contributed by atoms with Gasteiger partial charge in [-0.3, -0.25) is 4.57 Å². The highest BCUT2D eigenvalue weighted by Crippen LogP contribution is 2.31. The molecule has 0 unspecified atom stereocenters. The van der Waals surface area contributed by atoms with Crippen LogP contribution in [0.25, 0.3) is 16.7 Å². The number of anilines is 1. The fourth-order valence-corrected chi connectivity index (χ4v) is 2.37. The SMILES string of the molecule is CCOc1ccccc1-n1c(N)nc2ccc(OC)cc21. The lowest BCUT2D eigenvalue weighted by Crippen LogP contribution is -2.04. The van der Waals surface area contributed by atoms with Crippen molar-refractivity contribution >= 4 is 17.0 Å². The normalized spacial score (nSPS) is 10.8. The molecule has 0 aliphatic carbocycles. The van der Waals surface area contributed by atoms with Gasteiger partial charge < -0.3 is 15.2 Å². The lowest BCUT2D eigenvalue weighted by Gasteiger charge is -2.12. The molecule has 5 nitrogen and oxygen atoms in total. The van der Waals surface area contributed by atoms with Gasteiger partial charge in [-0.2, -0.15) is 0 Å². The van der Waals surface area contributed by atoms with E-state index >= 15 is 0 Å². The second kappa shape index (κ2) is 5.36. The molecule has 108 valence electrons. The maximum absolute atomic E-state index is 6.10. The number of para-hydroxylation sites is 2. The predicted molar refractivity (Wildman–Crippen MR) is 83.2 cm³/mol. The highest BCUT2D eigenvalue weighted by molar-refractivity contribution is 5.83. The summed E-state index contributed by atoms with van der Waals surface area (Å²) in [6, 6.07) is 13.4. The van der Waals surface area contributed by atoms with E-state index in [4.69, 9.17) is 15.2 Å². The molecule has 0 aliphatic heterocycles. The van der Waals surface area contributed by atoms with Crippen LogP contribution in [0.15, 0.2) is 42.5 Å². The number of hydrogen-bond donors (Lipinski definition) is 1. The number of rotatable bonds is 4. The van der Waals surface area contributed by atoms with Crippen molar-refractivity contribution in [3.63, 3.8) is 0 Å². The topological polar surface area (TPSA) is 62.3 Å². The minimum atomic E-state index is 0.422. The molecule has 3 rings (SSSR count). The Morgan fingerprint density at radius 2 is 2.00 bits per heavy atom. The van der Waals surface area contributed by atoms with E-state index in [9.17, 15) is 0 Å². The molecule has 0 fully saturated rings. The molecule has 2 N–H and O–H groups in total. The molecule has 21 heavy (non-hydrogen) atoms. The molecule has 0 saturated carbocycles. The van der Waals surface area contributed by atoms with E-state index in [1.807, 2.05) is 54.0 Å². The van der Waals surface area contributed by atoms with E-state index in [0.29, 0.717) is 12.6 Å². The van der Waals surface area contributed by atoms with Gasteiger partial charge in [0.05, 0.1) is 30.4 Å². The Balaban J connectivity index is 2.26. The van der Waals surface area contributed by atoms with Gasteiger partial charge in [0.1, 0.15) is 11.5 Å². The molecule has 1 aromatic heterocycles. The van der Waals surface area contributed by atoms with E-state index < -0.39 is 0 Å². The van der Waals surface area contributed by atoms with Crippen molar-refractivity contribution in [1.82, 2.24) is 9.55 Å². The highest BCUT2D eigenvalue weighted by atomic mass is 16.5. The molecule has 0 spiro atoms. The standard InChI is InChI=1S/C16H17N3O2/c1-3-21-15-7-5-4-6-13(15)19-14-10-11(20-2)8-9-12(14)18-16(19)17/h4-10H,3H2,1-2H3,(H2,17,18). The molecule has 0 atom stereocenters. The molecule has 3 aromatic rings. The van der Waals surface area contributed by atoms with Crippen LogP contribution in [0.4, 0.5) is 5.95 Å². The Kier molecular flexibility index (Phi) is 3.39. The van der Waals surface area contributed by atoms with Crippen molar-refractivity contribution in [2.75, 3.05) is 19.5 Å². The number of benzene rings is 2. The van der Waals surface area contributed by atoms with Crippen LogP contribution in [0, 0.1) is 0 Å². The average molecular weight is 283 g/mol. The summed E-state index contributed by atoms with van der Waals surface area (Å²) in [7, 11) is 1.64. The van der Waals surface area contributed by atoms with Crippen LogP contribution >= 0.6 is 0 Å². The Bertz CT molecular complexity index is 780. The van der Waals surface area contributed by atoms with Crippen LogP contribution in [-0.2, 0) is 0 Å². The number of ether oxygens (including phenoxy) is 2. The first kappa shape index (κ1) is 13.3. The number of nitrogen functional groups attached to an aromatic ring is 1. The summed E-state index contributed by atoms with van der Waals surface area (Å²) >= 11 is 0. The van der Waals surface area contributed by atoms with Crippen LogP contribution < -0.4 is 15.2 Å². The average Bonchev–Trinajstić information content (AvgIpc) is 2.83. The third-order valence-electron chi connectivity index (χ3n) is 3.29. The summed E-state index contributed by atoms with van der Waals surface area (Å²) in [6.45, 7) is 2.54. The van der Waals surface area contributed by atoms with Crippen molar-refractivity contribution in [2.24, 2.45) is 0 Å². The van der Waals surface area contributed by atoms with E-state index in [1.54, 1.807) is 7.11 Å². The first-order chi connectivity index (χ1) is 10.2. The summed E-state index contributed by atoms with van der Waals surface area (Å²) in [6.07, 6.45) is 0. The number of nitrogens with two attached hydrogens (primary N) is 1. The van der Waals surface area contributed by atoms with Crippen LogP contribution in [-0.4, -0.2) is 23.3 Å². The molecule has 0 amide bonds. The predicted octanol–water partition coefficient (Wildman–Crippen LogP) is 3.02. The quantitative estimate of drug-likeness (QED) is 0.799. The third kappa shape index (κ3) is 2.27. The summed E-state index contributed by atoms with van der Waals surface area (Å²) in [5, 5.41) is 0. The molecule has 0 radical (unpaired) electrons. The number of imidazole rings is 1. The zero-order valence-electron chi connectivity index (χ0n) is 12.0. The maximum atomic E-state index is 6.10. The monoisotopic (exact) mass is 283 g/mol. The smallest absolute Gasteiger partial charge is 0.206 e. The van der Waals surface area contributed by atoms with Crippen LogP contribution in [0.3, 0.4) is 0 Å². The maximum Gasteiger partial charge on any atom is 0.206 e. The van der Waals surface area contributed by atoms with Gasteiger partial charge in [-0.25, -0.2) is 4.98 Å². The number of methoxy groups -OCH3 is 1. The molecule has 0 saturated heterocycles. The van der Waals surface area contributed by atoms with Gasteiger partial charge in [-0.1, -0.05) is 12.1 Å². The Morgan fingerprint density at radius 1 is 1.19 bits per heavy atom. The third-order valence-corrected chi connectivity index (χ3v) is 3.29. The van der Waals surface area contributed by atoms with Crippen molar-refractivity contribution in [1.29, 1.82) is 0 Å². The summed E-state index contributed by atoms with van der Waals surface area (Å²) in [5.41, 5.74) is 8.67. The Morgan fingerprint density at radius 3 is 2.76 bits per heavy atom. The molecule has 0 bridgehead atoms. The molecule has 5 heteroatoms. The van der Waals surface area contributed by atoms with E-state index in [2.05, 4.69) is 4.98 Å². The Hall–Kier alpha value is -2.69. The zero-order valence-corrected chi connectivity index (χ0v) is 12.0. The second-order valence-electron chi connectivity index (χ2n) is 4.56. The van der Waals surface area contributed by atoms with E-state index in [-0.39, 0.29) is 0 Å². The first-order valence-electron chi connectivity index (χ1n) is 6.78. The minimum absolute atomic E-state index is 0.422. The van der Waals surface area contributed by atoms with Gasteiger partial charge in [0.15, 0.2) is 0 Å². The molecule has 0 aliphatic rings. The van der Waals surface area contributed by atoms with E-state index in [0.717, 1.165) is 28.2 Å². The largest absolute Gasteiger partial charge is 0.497 e.